The number of nitrogens with one attached hydrogen (secondary N) is 1. The van der Waals surface area contributed by atoms with Crippen LogP contribution in [0, 0.1) is 5.95 Å². The topological polar surface area (TPSA) is 24.9 Å². The molecule has 2 unspecified atom stereocenters. The van der Waals surface area contributed by atoms with E-state index in [1.54, 1.807) is 0 Å². The molecule has 1 aliphatic rings. The van der Waals surface area contributed by atoms with Gasteiger partial charge in [0.15, 0.2) is 0 Å². The van der Waals surface area contributed by atoms with Crippen LogP contribution in [-0.2, 0) is 0 Å². The second-order valence-electron chi connectivity index (χ2n) is 3.88. The first-order valence-corrected chi connectivity index (χ1v) is 6.47. The molecule has 0 saturated heterocycles. The van der Waals surface area contributed by atoms with Crippen LogP contribution in [0.5, 0.6) is 0 Å². The largest absolute Gasteiger partial charge is 0.382 e. The maximum absolute atomic E-state index is 12.8. The molecule has 1 aromatic heterocycles. The first kappa shape index (κ1) is 10.7. The lowest BCUT2D eigenvalue weighted by atomic mass is 10.2. The summed E-state index contributed by atoms with van der Waals surface area (Å²) >= 11 is 1.92. The number of thioether (sulfide) groups is 1. The van der Waals surface area contributed by atoms with Crippen molar-refractivity contribution in [1.29, 1.82) is 0 Å². The Hall–Kier alpha value is -0.770. The third kappa shape index (κ3) is 2.84. The van der Waals surface area contributed by atoms with E-state index in [1.165, 1.54) is 31.5 Å². The summed E-state index contributed by atoms with van der Waals surface area (Å²) in [7, 11) is 0. The molecule has 4 heteroatoms. The van der Waals surface area contributed by atoms with Crippen LogP contribution < -0.4 is 5.32 Å². The molecular weight excluding hydrogens is 211 g/mol. The van der Waals surface area contributed by atoms with Gasteiger partial charge in [-0.05, 0) is 31.6 Å². The van der Waals surface area contributed by atoms with Crippen molar-refractivity contribution in [3.63, 3.8) is 0 Å². The van der Waals surface area contributed by atoms with Crippen LogP contribution in [0.15, 0.2) is 18.3 Å². The van der Waals surface area contributed by atoms with Crippen LogP contribution in [0.25, 0.3) is 0 Å². The summed E-state index contributed by atoms with van der Waals surface area (Å²) in [5.74, 6) is -0.417. The molecule has 82 valence electrons. The number of pyridine rings is 1. The zero-order valence-electron chi connectivity index (χ0n) is 8.74. The van der Waals surface area contributed by atoms with Gasteiger partial charge < -0.3 is 5.32 Å². The number of nitrogens with zero attached hydrogens (tertiary/aromatic N) is 1. The molecule has 0 aromatic carbocycles. The Bertz CT molecular complexity index is 332. The summed E-state index contributed by atoms with van der Waals surface area (Å²) < 4.78 is 12.8. The fraction of sp³-hybridized carbons (Fsp3) is 0.545. The quantitative estimate of drug-likeness (QED) is 0.802. The molecule has 1 saturated carbocycles. The normalized spacial score (nSPS) is 25.5. The van der Waals surface area contributed by atoms with E-state index in [4.69, 9.17) is 0 Å². The Morgan fingerprint density at radius 2 is 2.40 bits per heavy atom. The summed E-state index contributed by atoms with van der Waals surface area (Å²) in [5.41, 5.74) is 0.842. The zero-order valence-corrected chi connectivity index (χ0v) is 9.56. The maximum Gasteiger partial charge on any atom is 0.214 e. The highest BCUT2D eigenvalue weighted by atomic mass is 32.2. The van der Waals surface area contributed by atoms with Gasteiger partial charge >= 0.3 is 0 Å². The molecule has 1 heterocycles. The van der Waals surface area contributed by atoms with Gasteiger partial charge in [0.05, 0.1) is 0 Å². The van der Waals surface area contributed by atoms with Crippen LogP contribution in [0.1, 0.15) is 19.3 Å². The minimum Gasteiger partial charge on any atom is -0.382 e. The predicted molar refractivity (Wildman–Crippen MR) is 62.8 cm³/mol. The summed E-state index contributed by atoms with van der Waals surface area (Å²) in [6.07, 6.45) is 7.25. The number of rotatable bonds is 3. The van der Waals surface area contributed by atoms with E-state index in [-0.39, 0.29) is 0 Å². The molecule has 1 N–H and O–H groups in total. The summed E-state index contributed by atoms with van der Waals surface area (Å²) in [6, 6.07) is 3.76. The van der Waals surface area contributed by atoms with Crippen molar-refractivity contribution in [2.45, 2.75) is 30.6 Å². The van der Waals surface area contributed by atoms with Crippen molar-refractivity contribution < 1.29 is 4.39 Å². The minimum atomic E-state index is -0.417. The first-order valence-electron chi connectivity index (χ1n) is 5.19. The van der Waals surface area contributed by atoms with Crippen molar-refractivity contribution in [1.82, 2.24) is 4.98 Å². The third-order valence-corrected chi connectivity index (χ3v) is 3.91. The van der Waals surface area contributed by atoms with Crippen molar-refractivity contribution in [3.8, 4) is 0 Å². The lowest BCUT2D eigenvalue weighted by Gasteiger charge is -2.13. The molecule has 0 radical (unpaired) electrons. The Morgan fingerprint density at radius 3 is 3.07 bits per heavy atom. The summed E-state index contributed by atoms with van der Waals surface area (Å²) in [5, 5.41) is 4.11. The molecule has 1 fully saturated rings. The number of anilines is 1. The smallest absolute Gasteiger partial charge is 0.214 e. The van der Waals surface area contributed by atoms with Gasteiger partial charge in [-0.15, -0.1) is 0 Å². The predicted octanol–water partition coefficient (Wildman–Crippen LogP) is 2.92. The molecule has 2 atom stereocenters. The number of hydrogen-bond acceptors (Lipinski definition) is 3. The SMILES string of the molecule is CSC1CCC(Nc2ccnc(F)c2)C1. The van der Waals surface area contributed by atoms with Gasteiger partial charge in [-0.25, -0.2) is 4.98 Å². The molecule has 0 bridgehead atoms. The molecule has 1 aliphatic carbocycles. The minimum absolute atomic E-state index is 0.417. The van der Waals surface area contributed by atoms with Crippen LogP contribution in [0.2, 0.25) is 0 Å². The van der Waals surface area contributed by atoms with Crippen LogP contribution in [-0.4, -0.2) is 22.5 Å². The Morgan fingerprint density at radius 1 is 1.53 bits per heavy atom. The lowest BCUT2D eigenvalue weighted by Crippen LogP contribution is -2.16. The molecule has 1 aromatic rings. The summed E-state index contributed by atoms with van der Waals surface area (Å²) in [4.78, 5) is 3.53. The molecule has 0 aliphatic heterocycles. The van der Waals surface area contributed by atoms with Gasteiger partial charge in [-0.3, -0.25) is 0 Å². The number of halogens is 1. The highest BCUT2D eigenvalue weighted by molar-refractivity contribution is 7.99. The fourth-order valence-electron chi connectivity index (χ4n) is 2.01. The zero-order chi connectivity index (χ0) is 10.7. The monoisotopic (exact) mass is 226 g/mol. The van der Waals surface area contributed by atoms with Crippen molar-refractivity contribution in [2.75, 3.05) is 11.6 Å². The second kappa shape index (κ2) is 4.84. The first-order chi connectivity index (χ1) is 7.28. The Kier molecular flexibility index (Phi) is 3.46. The van der Waals surface area contributed by atoms with E-state index in [9.17, 15) is 4.39 Å². The van der Waals surface area contributed by atoms with Crippen molar-refractivity contribution in [3.05, 3.63) is 24.3 Å². The van der Waals surface area contributed by atoms with E-state index in [2.05, 4.69) is 16.6 Å². The van der Waals surface area contributed by atoms with Gasteiger partial charge in [0.1, 0.15) is 0 Å². The third-order valence-electron chi connectivity index (χ3n) is 2.82. The lowest BCUT2D eigenvalue weighted by molar-refractivity contribution is 0.583. The number of hydrogen-bond donors (Lipinski definition) is 1. The summed E-state index contributed by atoms with van der Waals surface area (Å²) in [6.45, 7) is 0. The van der Waals surface area contributed by atoms with Crippen LogP contribution in [0.4, 0.5) is 10.1 Å². The Labute approximate surface area is 93.7 Å². The van der Waals surface area contributed by atoms with E-state index in [0.717, 1.165) is 10.9 Å². The number of aromatic nitrogens is 1. The average Bonchev–Trinajstić information content (AvgIpc) is 2.65. The van der Waals surface area contributed by atoms with E-state index < -0.39 is 5.95 Å². The molecule has 0 amide bonds. The molecule has 2 rings (SSSR count). The highest BCUT2D eigenvalue weighted by Gasteiger charge is 2.23. The highest BCUT2D eigenvalue weighted by Crippen LogP contribution is 2.30. The molecule has 2 nitrogen and oxygen atoms in total. The van der Waals surface area contributed by atoms with Crippen LogP contribution >= 0.6 is 11.8 Å². The van der Waals surface area contributed by atoms with Gasteiger partial charge in [0.25, 0.3) is 0 Å². The van der Waals surface area contributed by atoms with Crippen molar-refractivity contribution in [2.24, 2.45) is 0 Å². The van der Waals surface area contributed by atoms with Gasteiger partial charge in [-0.1, -0.05) is 0 Å². The fourth-order valence-corrected chi connectivity index (χ4v) is 2.81. The van der Waals surface area contributed by atoms with Gasteiger partial charge in [-0.2, -0.15) is 16.2 Å². The van der Waals surface area contributed by atoms with Crippen molar-refractivity contribution >= 4 is 17.4 Å². The molecule has 15 heavy (non-hydrogen) atoms. The van der Waals surface area contributed by atoms with Gasteiger partial charge in [0, 0.05) is 29.2 Å². The maximum atomic E-state index is 12.8. The van der Waals surface area contributed by atoms with Gasteiger partial charge in [0.2, 0.25) is 5.95 Å². The second-order valence-corrected chi connectivity index (χ2v) is 5.02. The standard InChI is InChI=1S/C11H15FN2S/c1-15-10-3-2-8(6-10)14-9-4-5-13-11(12)7-9/h4-5,7-8,10H,2-3,6H2,1H3,(H,13,14). The van der Waals surface area contributed by atoms with E-state index in [1.807, 2.05) is 17.8 Å². The van der Waals surface area contributed by atoms with E-state index in [0.29, 0.717) is 6.04 Å². The Balaban J connectivity index is 1.92. The van der Waals surface area contributed by atoms with Crippen LogP contribution in [0.3, 0.4) is 0 Å². The molecular formula is C11H15FN2S. The molecule has 0 spiro atoms. The van der Waals surface area contributed by atoms with E-state index >= 15 is 0 Å². The average molecular weight is 226 g/mol.